The van der Waals surface area contributed by atoms with Crippen molar-refractivity contribution >= 4 is 38.4 Å². The van der Waals surface area contributed by atoms with Gasteiger partial charge in [0.05, 0.1) is 4.70 Å². The second-order valence-corrected chi connectivity index (χ2v) is 6.41. The van der Waals surface area contributed by atoms with Crippen LogP contribution in [0.15, 0.2) is 41.3 Å². The van der Waals surface area contributed by atoms with Crippen molar-refractivity contribution in [3.8, 4) is 11.5 Å². The van der Waals surface area contributed by atoms with E-state index >= 15 is 0 Å². The number of rotatable bonds is 3. The largest absolute Gasteiger partial charge is 0.508 e. The average molecular weight is 304 g/mol. The number of phenolic OH excluding ortho intramolecular Hbond substituents is 2. The molecule has 0 saturated heterocycles. The van der Waals surface area contributed by atoms with Crippen LogP contribution in [0, 0.1) is 0 Å². The van der Waals surface area contributed by atoms with E-state index in [-0.39, 0.29) is 11.5 Å². The van der Waals surface area contributed by atoms with Crippen LogP contribution < -0.4 is 5.73 Å². The molecule has 0 aliphatic heterocycles. The first-order valence-electron chi connectivity index (χ1n) is 5.91. The molecule has 6 heteroatoms. The highest BCUT2D eigenvalue weighted by Gasteiger charge is 2.08. The molecule has 20 heavy (non-hydrogen) atoms. The van der Waals surface area contributed by atoms with Crippen molar-refractivity contribution in [1.82, 2.24) is 4.98 Å². The molecule has 0 fully saturated rings. The van der Waals surface area contributed by atoms with Crippen molar-refractivity contribution in [3.05, 3.63) is 42.0 Å². The number of fused-ring (bicyclic) bond motifs is 1. The number of thiazole rings is 1. The van der Waals surface area contributed by atoms with E-state index in [4.69, 9.17) is 5.73 Å². The molecule has 0 saturated carbocycles. The number of aromatic hydroxyl groups is 2. The van der Waals surface area contributed by atoms with Gasteiger partial charge in [0, 0.05) is 10.6 Å². The first-order valence-corrected chi connectivity index (χ1v) is 7.72. The minimum absolute atomic E-state index is 0.156. The van der Waals surface area contributed by atoms with Gasteiger partial charge < -0.3 is 15.9 Å². The molecule has 2 aromatic carbocycles. The molecular formula is C14H12N2O2S2. The van der Waals surface area contributed by atoms with E-state index in [1.807, 2.05) is 18.2 Å². The number of anilines is 1. The molecule has 1 aromatic heterocycles. The van der Waals surface area contributed by atoms with Gasteiger partial charge in [0.2, 0.25) is 0 Å². The Morgan fingerprint density at radius 3 is 2.65 bits per heavy atom. The fraction of sp³-hybridized carbons (Fsp3) is 0.0714. The molecule has 4 N–H and O–H groups in total. The Labute approximate surface area is 123 Å². The van der Waals surface area contributed by atoms with Gasteiger partial charge >= 0.3 is 0 Å². The molecular weight excluding hydrogens is 292 g/mol. The van der Waals surface area contributed by atoms with Crippen molar-refractivity contribution in [1.29, 1.82) is 0 Å². The molecule has 1 heterocycles. The van der Waals surface area contributed by atoms with E-state index in [1.165, 1.54) is 11.3 Å². The zero-order valence-corrected chi connectivity index (χ0v) is 12.0. The molecule has 0 bridgehead atoms. The number of hydrogen-bond donors (Lipinski definition) is 3. The van der Waals surface area contributed by atoms with Gasteiger partial charge in [-0.15, -0.1) is 11.8 Å². The molecule has 0 unspecified atom stereocenters. The zero-order chi connectivity index (χ0) is 14.1. The summed E-state index contributed by atoms with van der Waals surface area (Å²) in [6.45, 7) is 0. The molecule has 3 aromatic rings. The van der Waals surface area contributed by atoms with Gasteiger partial charge in [0.1, 0.15) is 17.0 Å². The fourth-order valence-electron chi connectivity index (χ4n) is 1.85. The lowest BCUT2D eigenvalue weighted by Crippen LogP contribution is -1.81. The summed E-state index contributed by atoms with van der Waals surface area (Å²) in [6.07, 6.45) is 0. The quantitative estimate of drug-likeness (QED) is 0.644. The smallest absolute Gasteiger partial charge is 0.181 e. The summed E-state index contributed by atoms with van der Waals surface area (Å²) in [5, 5.41) is 19.6. The molecule has 0 radical (unpaired) electrons. The number of nitrogen functional groups attached to an aromatic ring is 1. The number of hydrogen-bond acceptors (Lipinski definition) is 6. The van der Waals surface area contributed by atoms with Crippen LogP contribution in [0.5, 0.6) is 11.5 Å². The highest BCUT2D eigenvalue weighted by molar-refractivity contribution is 7.98. The molecule has 0 aliphatic carbocycles. The Kier molecular flexibility index (Phi) is 3.42. The van der Waals surface area contributed by atoms with Crippen LogP contribution in [0.3, 0.4) is 0 Å². The summed E-state index contributed by atoms with van der Waals surface area (Å²) in [4.78, 5) is 5.06. The van der Waals surface area contributed by atoms with Crippen LogP contribution in [0.2, 0.25) is 0 Å². The maximum Gasteiger partial charge on any atom is 0.181 e. The summed E-state index contributed by atoms with van der Waals surface area (Å²) in [7, 11) is 0. The Hall–Kier alpha value is -1.92. The van der Waals surface area contributed by atoms with Crippen molar-refractivity contribution in [3.63, 3.8) is 0 Å². The number of phenols is 2. The number of nitrogens with zero attached hydrogens (tertiary/aromatic N) is 1. The normalized spacial score (nSPS) is 11.0. The molecule has 3 rings (SSSR count). The Morgan fingerprint density at radius 1 is 1.15 bits per heavy atom. The van der Waals surface area contributed by atoms with Crippen LogP contribution >= 0.6 is 23.1 Å². The van der Waals surface area contributed by atoms with Gasteiger partial charge in [-0.2, -0.15) is 0 Å². The van der Waals surface area contributed by atoms with E-state index in [0.717, 1.165) is 20.9 Å². The lowest BCUT2D eigenvalue weighted by molar-refractivity contribution is 0.475. The van der Waals surface area contributed by atoms with Gasteiger partial charge in [-0.3, -0.25) is 0 Å². The number of benzene rings is 2. The Bertz CT molecular complexity index is 754. The van der Waals surface area contributed by atoms with Crippen LogP contribution in [0.1, 0.15) is 5.56 Å². The maximum atomic E-state index is 9.94. The van der Waals surface area contributed by atoms with Crippen LogP contribution in [-0.2, 0) is 5.75 Å². The van der Waals surface area contributed by atoms with Gasteiger partial charge in [0.25, 0.3) is 0 Å². The third-order valence-corrected chi connectivity index (χ3v) is 4.68. The van der Waals surface area contributed by atoms with Gasteiger partial charge in [-0.05, 0) is 29.8 Å². The predicted molar refractivity (Wildman–Crippen MR) is 83.4 cm³/mol. The van der Waals surface area contributed by atoms with Crippen LogP contribution in [0.25, 0.3) is 10.2 Å². The summed E-state index contributed by atoms with van der Waals surface area (Å²) < 4.78 is 0.885. The molecule has 102 valence electrons. The zero-order valence-electron chi connectivity index (χ0n) is 10.4. The van der Waals surface area contributed by atoms with Crippen molar-refractivity contribution < 1.29 is 10.2 Å². The monoisotopic (exact) mass is 304 g/mol. The van der Waals surface area contributed by atoms with E-state index in [1.54, 1.807) is 30.0 Å². The Balaban J connectivity index is 1.82. The number of thioether (sulfide) groups is 1. The minimum Gasteiger partial charge on any atom is -0.508 e. The van der Waals surface area contributed by atoms with Crippen molar-refractivity contribution in [2.24, 2.45) is 0 Å². The average Bonchev–Trinajstić information content (AvgIpc) is 2.79. The second kappa shape index (κ2) is 5.22. The van der Waals surface area contributed by atoms with E-state index in [0.29, 0.717) is 10.6 Å². The van der Waals surface area contributed by atoms with Crippen molar-refractivity contribution in [2.45, 2.75) is 10.6 Å². The van der Waals surface area contributed by atoms with Gasteiger partial charge in [-0.25, -0.2) is 4.98 Å². The highest BCUT2D eigenvalue weighted by Crippen LogP contribution is 2.36. The van der Waals surface area contributed by atoms with Gasteiger partial charge in [0.15, 0.2) is 5.13 Å². The van der Waals surface area contributed by atoms with Gasteiger partial charge in [-0.1, -0.05) is 23.5 Å². The topological polar surface area (TPSA) is 79.4 Å². The predicted octanol–water partition coefficient (Wildman–Crippen LogP) is 3.58. The van der Waals surface area contributed by atoms with E-state index < -0.39 is 0 Å². The summed E-state index contributed by atoms with van der Waals surface area (Å²) >= 11 is 2.98. The third-order valence-electron chi connectivity index (χ3n) is 2.81. The number of nitrogens with two attached hydrogens (primary N) is 1. The summed E-state index contributed by atoms with van der Waals surface area (Å²) in [5.74, 6) is 1.18. The third kappa shape index (κ3) is 2.66. The summed E-state index contributed by atoms with van der Waals surface area (Å²) in [6, 6.07) is 10.8. The Morgan fingerprint density at radius 2 is 1.90 bits per heavy atom. The molecule has 0 aliphatic rings. The van der Waals surface area contributed by atoms with E-state index in [9.17, 15) is 10.2 Å². The molecule has 4 nitrogen and oxygen atoms in total. The maximum absolute atomic E-state index is 9.94. The lowest BCUT2D eigenvalue weighted by atomic mass is 10.2. The fourth-order valence-corrected chi connectivity index (χ4v) is 3.64. The highest BCUT2D eigenvalue weighted by atomic mass is 32.2. The lowest BCUT2D eigenvalue weighted by Gasteiger charge is -2.03. The van der Waals surface area contributed by atoms with Crippen LogP contribution in [-0.4, -0.2) is 15.2 Å². The summed E-state index contributed by atoms with van der Waals surface area (Å²) in [5.41, 5.74) is 7.32. The SMILES string of the molecule is Nc1nc2c(O)cc(SCc3ccc(O)cc3)cc2s1. The van der Waals surface area contributed by atoms with Crippen molar-refractivity contribution in [2.75, 3.05) is 5.73 Å². The standard InChI is InChI=1S/C14H12N2O2S2/c15-14-16-13-11(18)5-10(6-12(13)20-14)19-7-8-1-3-9(17)4-2-8/h1-6,17-18H,7H2,(H2,15,16). The number of aromatic nitrogens is 1. The minimum atomic E-state index is 0.156. The first kappa shape index (κ1) is 13.1. The first-order chi connectivity index (χ1) is 9.61. The van der Waals surface area contributed by atoms with Crippen LogP contribution in [0.4, 0.5) is 5.13 Å². The second-order valence-electron chi connectivity index (χ2n) is 4.30. The molecule has 0 atom stereocenters. The van der Waals surface area contributed by atoms with E-state index in [2.05, 4.69) is 4.98 Å². The molecule has 0 spiro atoms. The molecule has 0 amide bonds.